The van der Waals surface area contributed by atoms with Gasteiger partial charge in [-0.15, -0.1) is 0 Å². The first kappa shape index (κ1) is 25.2. The molecule has 0 spiro atoms. The van der Waals surface area contributed by atoms with Crippen LogP contribution in [0.3, 0.4) is 0 Å². The van der Waals surface area contributed by atoms with Crippen molar-refractivity contribution in [3.63, 3.8) is 0 Å². The molecule has 0 aliphatic carbocycles. The van der Waals surface area contributed by atoms with Gasteiger partial charge in [0.1, 0.15) is 11.5 Å². The molecule has 0 atom stereocenters. The Morgan fingerprint density at radius 3 is 2.46 bits per heavy atom. The molecule has 1 amide bonds. The van der Waals surface area contributed by atoms with Gasteiger partial charge in [-0.25, -0.2) is 4.68 Å². The Morgan fingerprint density at radius 2 is 1.72 bits per heavy atom. The summed E-state index contributed by atoms with van der Waals surface area (Å²) in [7, 11) is 1.62. The predicted molar refractivity (Wildman–Crippen MR) is 152 cm³/mol. The van der Waals surface area contributed by atoms with Crippen LogP contribution in [0, 0.1) is 0 Å². The summed E-state index contributed by atoms with van der Waals surface area (Å²) in [4.78, 5) is 25.4. The number of amides is 1. The van der Waals surface area contributed by atoms with Gasteiger partial charge in [0.2, 0.25) is 5.91 Å². The first-order valence-corrected chi connectivity index (χ1v) is 12.2. The minimum absolute atomic E-state index is 0.203. The fourth-order valence-corrected chi connectivity index (χ4v) is 3.94. The van der Waals surface area contributed by atoms with Gasteiger partial charge in [0, 0.05) is 34.7 Å². The standard InChI is InChI=1S/C32H25N3O4/c1-38-28-15-12-23(13-16-28)32-25(22-35(34-32)27-9-3-2-4-10-27)14-18-30(36)24-7-5-8-26(21-24)33-31(37)19-17-29-11-6-20-39-29/h2-22H,1H3,(H,33,37)/b18-14+,19-17+. The van der Waals surface area contributed by atoms with E-state index >= 15 is 0 Å². The number of anilines is 1. The summed E-state index contributed by atoms with van der Waals surface area (Å²) in [5.41, 5.74) is 4.27. The van der Waals surface area contributed by atoms with Crippen LogP contribution in [0.25, 0.3) is 29.1 Å². The summed E-state index contributed by atoms with van der Waals surface area (Å²) in [5, 5.41) is 7.56. The molecule has 0 aliphatic rings. The van der Waals surface area contributed by atoms with Crippen LogP contribution in [0.5, 0.6) is 5.75 Å². The Morgan fingerprint density at radius 1 is 0.897 bits per heavy atom. The van der Waals surface area contributed by atoms with Crippen LogP contribution < -0.4 is 10.1 Å². The van der Waals surface area contributed by atoms with Crippen molar-refractivity contribution in [2.45, 2.75) is 0 Å². The largest absolute Gasteiger partial charge is 0.497 e. The van der Waals surface area contributed by atoms with E-state index in [1.54, 1.807) is 60.3 Å². The number of nitrogens with one attached hydrogen (secondary N) is 1. The van der Waals surface area contributed by atoms with Gasteiger partial charge in [0.05, 0.1) is 24.8 Å². The minimum Gasteiger partial charge on any atom is -0.497 e. The lowest BCUT2D eigenvalue weighted by molar-refractivity contribution is -0.111. The van der Waals surface area contributed by atoms with Crippen LogP contribution in [0.4, 0.5) is 5.69 Å². The third-order valence-corrected chi connectivity index (χ3v) is 5.90. The molecule has 7 heteroatoms. The monoisotopic (exact) mass is 515 g/mol. The van der Waals surface area contributed by atoms with E-state index in [2.05, 4.69) is 5.32 Å². The Balaban J connectivity index is 1.37. The number of furan rings is 1. The van der Waals surface area contributed by atoms with Crippen LogP contribution in [-0.4, -0.2) is 28.6 Å². The van der Waals surface area contributed by atoms with Crippen molar-refractivity contribution < 1.29 is 18.7 Å². The minimum atomic E-state index is -0.330. The molecule has 2 heterocycles. The van der Waals surface area contributed by atoms with Crippen molar-refractivity contribution in [1.29, 1.82) is 0 Å². The highest BCUT2D eigenvalue weighted by molar-refractivity contribution is 6.08. The van der Waals surface area contributed by atoms with Crippen LogP contribution in [0.15, 0.2) is 120 Å². The molecule has 2 aromatic heterocycles. The van der Waals surface area contributed by atoms with E-state index in [0.717, 1.165) is 28.3 Å². The van der Waals surface area contributed by atoms with E-state index in [-0.39, 0.29) is 11.7 Å². The number of para-hydroxylation sites is 1. The van der Waals surface area contributed by atoms with Gasteiger partial charge < -0.3 is 14.5 Å². The molecular weight excluding hydrogens is 490 g/mol. The molecule has 5 rings (SSSR count). The van der Waals surface area contributed by atoms with Gasteiger partial charge in [-0.3, -0.25) is 9.59 Å². The zero-order chi connectivity index (χ0) is 27.0. The van der Waals surface area contributed by atoms with Crippen molar-refractivity contribution in [3.8, 4) is 22.7 Å². The van der Waals surface area contributed by atoms with Crippen molar-refractivity contribution in [2.24, 2.45) is 0 Å². The SMILES string of the molecule is COc1ccc(-c2nn(-c3ccccc3)cc2/C=C/C(=O)c2cccc(NC(=O)/C=C/c3ccco3)c2)cc1. The molecule has 1 N–H and O–H groups in total. The second-order valence-corrected chi connectivity index (χ2v) is 8.56. The van der Waals surface area contributed by atoms with Crippen LogP contribution in [0.1, 0.15) is 21.7 Å². The van der Waals surface area contributed by atoms with Crippen molar-refractivity contribution in [1.82, 2.24) is 9.78 Å². The maximum atomic E-state index is 13.1. The molecule has 7 nitrogen and oxygen atoms in total. The highest BCUT2D eigenvalue weighted by atomic mass is 16.5. The van der Waals surface area contributed by atoms with Gasteiger partial charge in [-0.1, -0.05) is 30.3 Å². The van der Waals surface area contributed by atoms with Crippen molar-refractivity contribution in [2.75, 3.05) is 12.4 Å². The van der Waals surface area contributed by atoms with E-state index in [0.29, 0.717) is 17.0 Å². The summed E-state index contributed by atoms with van der Waals surface area (Å²) in [6, 6.07) is 27.7. The zero-order valence-corrected chi connectivity index (χ0v) is 21.2. The molecule has 0 bridgehead atoms. The summed E-state index contributed by atoms with van der Waals surface area (Å²) < 4.78 is 12.3. The summed E-state index contributed by atoms with van der Waals surface area (Å²) in [6.45, 7) is 0. The topological polar surface area (TPSA) is 86.4 Å². The number of ketones is 1. The Kier molecular flexibility index (Phi) is 7.60. The highest BCUT2D eigenvalue weighted by Gasteiger charge is 2.12. The molecule has 5 aromatic rings. The molecule has 0 saturated heterocycles. The third kappa shape index (κ3) is 6.29. The van der Waals surface area contributed by atoms with E-state index in [9.17, 15) is 9.59 Å². The average molecular weight is 516 g/mol. The number of aromatic nitrogens is 2. The fraction of sp³-hybridized carbons (Fsp3) is 0.0312. The Labute approximate surface area is 225 Å². The van der Waals surface area contributed by atoms with E-state index in [4.69, 9.17) is 14.3 Å². The second kappa shape index (κ2) is 11.7. The third-order valence-electron chi connectivity index (χ3n) is 5.90. The van der Waals surface area contributed by atoms with Crippen molar-refractivity contribution in [3.05, 3.63) is 132 Å². The van der Waals surface area contributed by atoms with E-state index < -0.39 is 0 Å². The first-order valence-electron chi connectivity index (χ1n) is 12.2. The number of benzene rings is 3. The zero-order valence-electron chi connectivity index (χ0n) is 21.2. The number of rotatable bonds is 9. The van der Waals surface area contributed by atoms with Gasteiger partial charge in [-0.2, -0.15) is 5.10 Å². The number of ether oxygens (including phenoxy) is 1. The molecular formula is C32H25N3O4. The predicted octanol–water partition coefficient (Wildman–Crippen LogP) is 6.69. The quantitative estimate of drug-likeness (QED) is 0.175. The van der Waals surface area contributed by atoms with Gasteiger partial charge in [-0.05, 0) is 78.9 Å². The Bertz CT molecular complexity index is 1630. The fourth-order valence-electron chi connectivity index (χ4n) is 3.94. The number of carbonyl (C=O) groups excluding carboxylic acids is 2. The Hall–Kier alpha value is -5.43. The lowest BCUT2D eigenvalue weighted by atomic mass is 10.1. The number of allylic oxidation sites excluding steroid dienone is 1. The maximum absolute atomic E-state index is 13.1. The number of nitrogens with zero attached hydrogens (tertiary/aromatic N) is 2. The average Bonchev–Trinajstić information content (AvgIpc) is 3.66. The van der Waals surface area contributed by atoms with Gasteiger partial charge in [0.25, 0.3) is 0 Å². The molecule has 0 unspecified atom stereocenters. The van der Waals surface area contributed by atoms with Gasteiger partial charge >= 0.3 is 0 Å². The molecule has 0 saturated carbocycles. The van der Waals surface area contributed by atoms with E-state index in [1.165, 1.54) is 18.4 Å². The molecule has 3 aromatic carbocycles. The first-order chi connectivity index (χ1) is 19.1. The van der Waals surface area contributed by atoms with Crippen LogP contribution >= 0.6 is 0 Å². The summed E-state index contributed by atoms with van der Waals surface area (Å²) >= 11 is 0. The molecule has 39 heavy (non-hydrogen) atoms. The lowest BCUT2D eigenvalue weighted by Crippen LogP contribution is -2.08. The second-order valence-electron chi connectivity index (χ2n) is 8.56. The normalized spacial score (nSPS) is 11.2. The molecule has 192 valence electrons. The van der Waals surface area contributed by atoms with Crippen LogP contribution in [0.2, 0.25) is 0 Å². The molecule has 0 fully saturated rings. The maximum Gasteiger partial charge on any atom is 0.248 e. The lowest BCUT2D eigenvalue weighted by Gasteiger charge is -2.04. The van der Waals surface area contributed by atoms with Crippen LogP contribution in [-0.2, 0) is 4.79 Å². The van der Waals surface area contributed by atoms with E-state index in [1.807, 2.05) is 60.8 Å². The summed E-state index contributed by atoms with van der Waals surface area (Å²) in [6.07, 6.45) is 9.64. The number of carbonyl (C=O) groups is 2. The number of methoxy groups -OCH3 is 1. The molecule has 0 radical (unpaired) electrons. The van der Waals surface area contributed by atoms with Gasteiger partial charge in [0.15, 0.2) is 5.78 Å². The summed E-state index contributed by atoms with van der Waals surface area (Å²) in [5.74, 6) is 0.787. The number of hydrogen-bond donors (Lipinski definition) is 1. The molecule has 0 aliphatic heterocycles. The number of hydrogen-bond acceptors (Lipinski definition) is 5. The smallest absolute Gasteiger partial charge is 0.248 e. The highest BCUT2D eigenvalue weighted by Crippen LogP contribution is 2.27. The van der Waals surface area contributed by atoms with Crippen molar-refractivity contribution >= 4 is 29.5 Å².